The van der Waals surface area contributed by atoms with E-state index in [-0.39, 0.29) is 0 Å². The summed E-state index contributed by atoms with van der Waals surface area (Å²) in [7, 11) is 1.65. The van der Waals surface area contributed by atoms with Crippen LogP contribution in [0.2, 0.25) is 0 Å². The summed E-state index contributed by atoms with van der Waals surface area (Å²) in [6, 6.07) is 5.85. The van der Waals surface area contributed by atoms with E-state index in [4.69, 9.17) is 9.47 Å². The van der Waals surface area contributed by atoms with Gasteiger partial charge in [-0.3, -0.25) is 0 Å². The zero-order valence-electron chi connectivity index (χ0n) is 11.5. The molecule has 4 heteroatoms. The summed E-state index contributed by atoms with van der Waals surface area (Å²) >= 11 is 3.46. The van der Waals surface area contributed by atoms with Crippen molar-refractivity contribution in [3.8, 4) is 5.75 Å². The summed E-state index contributed by atoms with van der Waals surface area (Å²) in [5.74, 6) is 0.807. The second-order valence-electron chi connectivity index (χ2n) is 5.29. The lowest BCUT2D eigenvalue weighted by Crippen LogP contribution is -2.45. The normalized spacial score (nSPS) is 25.1. The van der Waals surface area contributed by atoms with Crippen molar-refractivity contribution >= 4 is 15.9 Å². The fraction of sp³-hybridized carbons (Fsp3) is 0.600. The van der Waals surface area contributed by atoms with Gasteiger partial charge in [0.1, 0.15) is 5.75 Å². The van der Waals surface area contributed by atoms with E-state index in [2.05, 4.69) is 15.9 Å². The molecule has 3 nitrogen and oxygen atoms in total. The van der Waals surface area contributed by atoms with E-state index in [1.165, 1.54) is 0 Å². The van der Waals surface area contributed by atoms with Gasteiger partial charge in [-0.25, -0.2) is 0 Å². The minimum atomic E-state index is -0.518. The molecule has 106 valence electrons. The maximum atomic E-state index is 10.5. The number of ether oxygens (including phenoxy) is 2. The Morgan fingerprint density at radius 2 is 2.26 bits per heavy atom. The van der Waals surface area contributed by atoms with Crippen molar-refractivity contribution in [1.82, 2.24) is 0 Å². The second kappa shape index (κ2) is 6.25. The minimum Gasteiger partial charge on any atom is -0.496 e. The highest BCUT2D eigenvalue weighted by atomic mass is 79.9. The molecule has 0 spiro atoms. The molecule has 19 heavy (non-hydrogen) atoms. The lowest BCUT2D eigenvalue weighted by molar-refractivity contribution is -0.135. The Balaban J connectivity index is 2.13. The number of benzene rings is 1. The molecule has 2 unspecified atom stereocenters. The predicted octanol–water partition coefficient (Wildman–Crippen LogP) is 3.32. The molecule has 2 rings (SSSR count). The van der Waals surface area contributed by atoms with Crippen molar-refractivity contribution in [3.05, 3.63) is 28.2 Å². The molecule has 1 heterocycles. The molecular weight excluding hydrogens is 308 g/mol. The Bertz CT molecular complexity index is 427. The van der Waals surface area contributed by atoms with Crippen LogP contribution in [-0.2, 0) is 11.2 Å². The molecule has 1 aliphatic rings. The van der Waals surface area contributed by atoms with Crippen LogP contribution in [0.4, 0.5) is 0 Å². The average Bonchev–Trinajstić information content (AvgIpc) is 2.40. The quantitative estimate of drug-likeness (QED) is 0.921. The van der Waals surface area contributed by atoms with Crippen molar-refractivity contribution in [2.45, 2.75) is 44.3 Å². The number of hydrogen-bond donors (Lipinski definition) is 1. The van der Waals surface area contributed by atoms with Crippen molar-refractivity contribution in [2.75, 3.05) is 13.7 Å². The van der Waals surface area contributed by atoms with Gasteiger partial charge in [0.05, 0.1) is 18.8 Å². The smallest absolute Gasteiger partial charge is 0.122 e. The predicted molar refractivity (Wildman–Crippen MR) is 78.6 cm³/mol. The summed E-state index contributed by atoms with van der Waals surface area (Å²) in [4.78, 5) is 0. The van der Waals surface area contributed by atoms with Gasteiger partial charge in [-0.15, -0.1) is 0 Å². The van der Waals surface area contributed by atoms with E-state index in [0.717, 1.165) is 41.7 Å². The standard InChI is InChI=1S/C15H21BrO3/c1-15(7-3-4-8-19-15)14(17)10-11-9-12(16)5-6-13(11)18-2/h5-6,9,14,17H,3-4,7-8,10H2,1-2H3. The molecule has 0 aromatic heterocycles. The first kappa shape index (κ1) is 14.8. The third kappa shape index (κ3) is 3.50. The van der Waals surface area contributed by atoms with E-state index >= 15 is 0 Å². The average molecular weight is 329 g/mol. The molecule has 1 aliphatic heterocycles. The van der Waals surface area contributed by atoms with Crippen LogP contribution >= 0.6 is 15.9 Å². The molecule has 0 bridgehead atoms. The Hall–Kier alpha value is -0.580. The molecule has 1 aromatic carbocycles. The largest absolute Gasteiger partial charge is 0.496 e. The highest BCUT2D eigenvalue weighted by Crippen LogP contribution is 2.32. The molecule has 1 saturated heterocycles. The maximum absolute atomic E-state index is 10.5. The van der Waals surface area contributed by atoms with Gasteiger partial charge < -0.3 is 14.6 Å². The van der Waals surface area contributed by atoms with E-state index < -0.39 is 11.7 Å². The second-order valence-corrected chi connectivity index (χ2v) is 6.21. The van der Waals surface area contributed by atoms with Crippen LogP contribution in [0.25, 0.3) is 0 Å². The SMILES string of the molecule is COc1ccc(Br)cc1CC(O)C1(C)CCCCO1. The highest BCUT2D eigenvalue weighted by Gasteiger charge is 2.36. The zero-order chi connectivity index (χ0) is 13.9. The number of methoxy groups -OCH3 is 1. The van der Waals surface area contributed by atoms with E-state index in [1.54, 1.807) is 7.11 Å². The monoisotopic (exact) mass is 328 g/mol. The first-order valence-electron chi connectivity index (χ1n) is 6.69. The third-order valence-corrected chi connectivity index (χ3v) is 4.35. The van der Waals surface area contributed by atoms with Crippen LogP contribution in [0.15, 0.2) is 22.7 Å². The molecule has 0 aliphatic carbocycles. The summed E-state index contributed by atoms with van der Waals surface area (Å²) < 4.78 is 12.1. The minimum absolute atomic E-state index is 0.439. The van der Waals surface area contributed by atoms with Gasteiger partial charge in [0.25, 0.3) is 0 Å². The molecule has 2 atom stereocenters. The lowest BCUT2D eigenvalue weighted by atomic mass is 9.86. The number of aliphatic hydroxyl groups excluding tert-OH is 1. The van der Waals surface area contributed by atoms with Gasteiger partial charge in [-0.05, 0) is 49.9 Å². The van der Waals surface area contributed by atoms with Gasteiger partial charge >= 0.3 is 0 Å². The topological polar surface area (TPSA) is 38.7 Å². The Morgan fingerprint density at radius 3 is 2.89 bits per heavy atom. The number of halogens is 1. The lowest BCUT2D eigenvalue weighted by Gasteiger charge is -2.38. The maximum Gasteiger partial charge on any atom is 0.122 e. The molecular formula is C15H21BrO3. The van der Waals surface area contributed by atoms with Gasteiger partial charge in [-0.1, -0.05) is 15.9 Å². The molecule has 0 amide bonds. The van der Waals surface area contributed by atoms with Gasteiger partial charge in [0.2, 0.25) is 0 Å². The van der Waals surface area contributed by atoms with Crippen LogP contribution in [0.3, 0.4) is 0 Å². The number of rotatable bonds is 4. The highest BCUT2D eigenvalue weighted by molar-refractivity contribution is 9.10. The van der Waals surface area contributed by atoms with Crippen molar-refractivity contribution in [3.63, 3.8) is 0 Å². The van der Waals surface area contributed by atoms with Crippen molar-refractivity contribution in [2.24, 2.45) is 0 Å². The van der Waals surface area contributed by atoms with Crippen LogP contribution < -0.4 is 4.74 Å². The Labute approximate surface area is 123 Å². The Kier molecular flexibility index (Phi) is 4.87. The number of hydrogen-bond acceptors (Lipinski definition) is 3. The molecule has 1 aromatic rings. The van der Waals surface area contributed by atoms with Crippen LogP contribution in [0.5, 0.6) is 5.75 Å². The first-order chi connectivity index (χ1) is 9.05. The first-order valence-corrected chi connectivity index (χ1v) is 7.49. The van der Waals surface area contributed by atoms with Crippen molar-refractivity contribution < 1.29 is 14.6 Å². The number of aliphatic hydroxyl groups is 1. The summed E-state index contributed by atoms with van der Waals surface area (Å²) in [6.45, 7) is 2.74. The fourth-order valence-electron chi connectivity index (χ4n) is 2.55. The van der Waals surface area contributed by atoms with Crippen LogP contribution in [0, 0.1) is 0 Å². The Morgan fingerprint density at radius 1 is 1.47 bits per heavy atom. The molecule has 1 fully saturated rings. The van der Waals surface area contributed by atoms with E-state index in [0.29, 0.717) is 6.42 Å². The summed E-state index contributed by atoms with van der Waals surface area (Å²) in [5, 5.41) is 10.5. The van der Waals surface area contributed by atoms with Gasteiger partial charge in [0, 0.05) is 17.5 Å². The molecule has 0 saturated carbocycles. The van der Waals surface area contributed by atoms with E-state index in [1.807, 2.05) is 25.1 Å². The van der Waals surface area contributed by atoms with Crippen LogP contribution in [0.1, 0.15) is 31.7 Å². The van der Waals surface area contributed by atoms with E-state index in [9.17, 15) is 5.11 Å². The molecule has 0 radical (unpaired) electrons. The van der Waals surface area contributed by atoms with Gasteiger partial charge in [-0.2, -0.15) is 0 Å². The summed E-state index contributed by atoms with van der Waals surface area (Å²) in [5.41, 5.74) is 0.561. The fourth-order valence-corrected chi connectivity index (χ4v) is 2.96. The third-order valence-electron chi connectivity index (χ3n) is 3.86. The molecule has 1 N–H and O–H groups in total. The zero-order valence-corrected chi connectivity index (χ0v) is 13.1. The van der Waals surface area contributed by atoms with Crippen molar-refractivity contribution in [1.29, 1.82) is 0 Å². The van der Waals surface area contributed by atoms with Crippen LogP contribution in [-0.4, -0.2) is 30.5 Å². The van der Waals surface area contributed by atoms with Gasteiger partial charge in [0.15, 0.2) is 0 Å². The summed E-state index contributed by atoms with van der Waals surface area (Å²) in [6.07, 6.45) is 3.13.